The normalized spacial score (nSPS) is 15.6. The predicted octanol–water partition coefficient (Wildman–Crippen LogP) is 10.3. The van der Waals surface area contributed by atoms with E-state index in [2.05, 4.69) is 15.3 Å². The lowest BCUT2D eigenvalue weighted by Crippen LogP contribution is -2.42. The molecule has 14 nitrogen and oxygen atoms in total. The van der Waals surface area contributed by atoms with Gasteiger partial charge in [-0.25, -0.2) is 30.4 Å². The number of aromatic carboxylic acids is 1. The molecule has 398 valence electrons. The third-order valence-electron chi connectivity index (χ3n) is 12.8. The Kier molecular flexibility index (Phi) is 17.9. The highest BCUT2D eigenvalue weighted by atomic mass is 32.2. The molecule has 8 rings (SSSR count). The summed E-state index contributed by atoms with van der Waals surface area (Å²) in [5.41, 5.74) is 2.94. The van der Waals surface area contributed by atoms with Gasteiger partial charge in [0.2, 0.25) is 20.0 Å². The van der Waals surface area contributed by atoms with Gasteiger partial charge in [0.1, 0.15) is 33.5 Å². The molecular formula is C47H53F8N7O7S4. The molecule has 26 heteroatoms. The van der Waals surface area contributed by atoms with Crippen molar-refractivity contribution in [2.75, 3.05) is 7.05 Å². The van der Waals surface area contributed by atoms with Gasteiger partial charge < -0.3 is 19.6 Å². The summed E-state index contributed by atoms with van der Waals surface area (Å²) in [6.45, 7) is 4.59. The molecule has 0 radical (unpaired) electrons. The number of benzene rings is 2. The Balaban J connectivity index is 0.000000264. The first-order valence-corrected chi connectivity index (χ1v) is 25.4. The molecule has 6 aromatic rings. The monoisotopic (exact) mass is 1110 g/mol. The summed E-state index contributed by atoms with van der Waals surface area (Å²) in [6.07, 6.45) is -0.634. The third kappa shape index (κ3) is 12.0. The Morgan fingerprint density at radius 1 is 0.644 bits per heavy atom. The Morgan fingerprint density at radius 2 is 1.00 bits per heavy atom. The first kappa shape index (κ1) is 58.6. The Hall–Kier alpha value is -5.28. The van der Waals surface area contributed by atoms with E-state index in [4.69, 9.17) is 0 Å². The molecule has 2 aromatic carbocycles. The van der Waals surface area contributed by atoms with Crippen molar-refractivity contribution in [3.05, 3.63) is 94.8 Å². The van der Waals surface area contributed by atoms with Crippen molar-refractivity contribution in [2.45, 2.75) is 125 Å². The fraction of sp³-hybridized carbons (Fsp3) is 0.404. The van der Waals surface area contributed by atoms with Gasteiger partial charge >= 0.3 is 18.3 Å². The number of alkyl halides is 6. The summed E-state index contributed by atoms with van der Waals surface area (Å²) < 4.78 is 163. The van der Waals surface area contributed by atoms with E-state index in [0.29, 0.717) is 47.1 Å². The number of hydrogen-bond donors (Lipinski definition) is 4. The van der Waals surface area contributed by atoms with Crippen molar-refractivity contribution in [1.29, 1.82) is 0 Å². The summed E-state index contributed by atoms with van der Waals surface area (Å²) in [4.78, 5) is 32.7. The van der Waals surface area contributed by atoms with Crippen LogP contribution in [0.2, 0.25) is 0 Å². The largest absolute Gasteiger partial charge is 0.478 e. The quantitative estimate of drug-likeness (QED) is 0.0863. The average Bonchev–Trinajstić information content (AvgIpc) is 4.12. The number of sulfonamides is 2. The van der Waals surface area contributed by atoms with Gasteiger partial charge in [-0.3, -0.25) is 14.8 Å². The van der Waals surface area contributed by atoms with Gasteiger partial charge in [0.05, 0.1) is 44.9 Å². The van der Waals surface area contributed by atoms with Crippen LogP contribution in [0.4, 0.5) is 35.1 Å². The zero-order valence-corrected chi connectivity index (χ0v) is 43.4. The van der Waals surface area contributed by atoms with E-state index < -0.39 is 77.8 Å². The summed E-state index contributed by atoms with van der Waals surface area (Å²) in [5, 5.41) is 13.2. The molecule has 4 heterocycles. The average molecular weight is 1110 g/mol. The van der Waals surface area contributed by atoms with E-state index in [1.165, 1.54) is 31.3 Å². The smallest absolute Gasteiger partial charge is 0.404 e. The summed E-state index contributed by atoms with van der Waals surface area (Å²) in [6, 6.07) is 5.92. The first-order chi connectivity index (χ1) is 33.2. The molecular weight excluding hydrogens is 1050 g/mol. The molecule has 2 aliphatic rings. The van der Waals surface area contributed by atoms with E-state index in [1.807, 2.05) is 9.13 Å². The van der Waals surface area contributed by atoms with Gasteiger partial charge in [-0.2, -0.15) is 62.8 Å². The lowest BCUT2D eigenvalue weighted by atomic mass is 10.1. The second kappa shape index (κ2) is 22.3. The van der Waals surface area contributed by atoms with Gasteiger partial charge in [0.15, 0.2) is 0 Å². The molecule has 2 aliphatic carbocycles. The number of pyridine rings is 2. The third-order valence-corrected chi connectivity index (χ3v) is 15.9. The minimum absolute atomic E-state index is 0. The van der Waals surface area contributed by atoms with Gasteiger partial charge in [-0.1, -0.05) is 25.7 Å². The van der Waals surface area contributed by atoms with Gasteiger partial charge in [-0.15, -0.1) is 0 Å². The molecule has 1 amide bonds. The second-order valence-electron chi connectivity index (χ2n) is 17.7. The van der Waals surface area contributed by atoms with Crippen molar-refractivity contribution in [2.24, 2.45) is 0 Å². The summed E-state index contributed by atoms with van der Waals surface area (Å²) in [5.74, 6) is -2.80. The Labute approximate surface area is 429 Å². The number of carbonyl (C=O) groups excluding carboxylic acids is 1. The first-order valence-electron chi connectivity index (χ1n) is 22.4. The number of carboxylic acid groups (broad SMARTS) is 1. The zero-order valence-electron chi connectivity index (χ0n) is 39.8. The maximum absolute atomic E-state index is 14.6. The zero-order chi connectivity index (χ0) is 52.1. The second-order valence-corrected chi connectivity index (χ2v) is 21.1. The highest BCUT2D eigenvalue weighted by Gasteiger charge is 2.40. The van der Waals surface area contributed by atoms with Crippen molar-refractivity contribution in [3.63, 3.8) is 0 Å². The molecule has 2 atom stereocenters. The molecule has 0 bridgehead atoms. The van der Waals surface area contributed by atoms with Crippen LogP contribution < -0.4 is 14.8 Å². The van der Waals surface area contributed by atoms with Crippen LogP contribution in [0.25, 0.3) is 44.6 Å². The molecule has 0 aliphatic heterocycles. The van der Waals surface area contributed by atoms with Gasteiger partial charge in [0, 0.05) is 42.3 Å². The van der Waals surface area contributed by atoms with Crippen LogP contribution in [0, 0.1) is 25.5 Å². The van der Waals surface area contributed by atoms with E-state index in [-0.39, 0.29) is 72.7 Å². The SMILES string of the molecule is CNC(=O)c1c(-c2ccc(S(=O)(=O)N[C@@H](C)C(F)(F)F)cn2)n(C2CCCC2)c2cc(C)c(F)cc12.Cc1cc2c(cc1F)c(C(=O)O)c(-c1ccc(S(=O)(=O)N[C@@H](C)C(F)(F)F)cn1)n2C1CCCC1.S.S. The van der Waals surface area contributed by atoms with Crippen molar-refractivity contribution >= 4 is 80.7 Å². The van der Waals surface area contributed by atoms with Crippen molar-refractivity contribution in [1.82, 2.24) is 33.9 Å². The number of nitrogens with zero attached hydrogens (tertiary/aromatic N) is 4. The standard InChI is InChI=1S/C24H26F4N4O3S.C23H23F4N3O4S.2H2S/c1-13-10-20-17(11-18(13)25)21(23(33)29-3)22(32(20)15-6-4-5-7-15)19-9-8-16(12-30-19)36(34,35)31-14(2)24(26,27)28;1-12-9-19-16(10-17(12)24)20(22(31)32)21(30(19)14-5-3-4-6-14)18-8-7-15(11-28-18)35(33,34)29-13(2)23(25,26)27;;/h8-12,14-15,31H,4-7H2,1-3H3,(H,29,33);7-11,13-14,29H,3-6H2,1-2H3,(H,31,32);2*1H2/t14-;13-;;/m00../s1. The topological polar surface area (TPSA) is 194 Å². The molecule has 2 saturated carbocycles. The molecule has 0 unspecified atom stereocenters. The van der Waals surface area contributed by atoms with Crippen molar-refractivity contribution in [3.8, 4) is 22.8 Å². The van der Waals surface area contributed by atoms with E-state index >= 15 is 0 Å². The maximum Gasteiger partial charge on any atom is 0.404 e. The summed E-state index contributed by atoms with van der Waals surface area (Å²) in [7, 11) is -7.59. The van der Waals surface area contributed by atoms with Crippen molar-refractivity contribution < 1.29 is 66.7 Å². The number of rotatable bonds is 12. The van der Waals surface area contributed by atoms with Crippen LogP contribution in [0.5, 0.6) is 0 Å². The number of carbonyl (C=O) groups is 2. The van der Waals surface area contributed by atoms with Crippen LogP contribution in [-0.4, -0.2) is 84.4 Å². The summed E-state index contributed by atoms with van der Waals surface area (Å²) >= 11 is 0. The highest BCUT2D eigenvalue weighted by Crippen LogP contribution is 2.44. The fourth-order valence-corrected chi connectivity index (χ4v) is 11.5. The van der Waals surface area contributed by atoms with Crippen LogP contribution in [0.15, 0.2) is 70.7 Å². The van der Waals surface area contributed by atoms with Crippen LogP contribution in [0.1, 0.15) is 109 Å². The minimum atomic E-state index is -4.77. The predicted molar refractivity (Wildman–Crippen MR) is 268 cm³/mol. The molecule has 2 fully saturated rings. The minimum Gasteiger partial charge on any atom is -0.478 e. The lowest BCUT2D eigenvalue weighted by molar-refractivity contribution is -0.147. The van der Waals surface area contributed by atoms with E-state index in [9.17, 15) is 66.7 Å². The number of aromatic nitrogens is 4. The van der Waals surface area contributed by atoms with E-state index in [0.717, 1.165) is 75.9 Å². The van der Waals surface area contributed by atoms with Crippen LogP contribution in [0.3, 0.4) is 0 Å². The Morgan fingerprint density at radius 3 is 1.32 bits per heavy atom. The maximum atomic E-state index is 14.6. The number of nitrogens with one attached hydrogen (secondary N) is 3. The number of amides is 1. The van der Waals surface area contributed by atoms with E-state index in [1.54, 1.807) is 35.4 Å². The molecule has 73 heavy (non-hydrogen) atoms. The number of fused-ring (bicyclic) bond motifs is 2. The van der Waals surface area contributed by atoms with Gasteiger partial charge in [0.25, 0.3) is 5.91 Å². The number of aryl methyl sites for hydroxylation is 2. The Bertz CT molecular complexity index is 3250. The molecule has 0 spiro atoms. The van der Waals surface area contributed by atoms with Crippen LogP contribution >= 0.6 is 27.0 Å². The number of carboxylic acids is 1. The fourth-order valence-electron chi connectivity index (χ4n) is 9.12. The highest BCUT2D eigenvalue weighted by molar-refractivity contribution is 7.89. The molecule has 4 N–H and O–H groups in total. The molecule has 0 saturated heterocycles. The lowest BCUT2D eigenvalue weighted by Gasteiger charge is -2.19. The number of halogens is 8. The molecule has 4 aromatic heterocycles. The van der Waals surface area contributed by atoms with Crippen LogP contribution in [-0.2, 0) is 20.0 Å². The van der Waals surface area contributed by atoms with Gasteiger partial charge in [-0.05, 0) is 113 Å². The number of hydrogen-bond acceptors (Lipinski definition) is 8.